The van der Waals surface area contributed by atoms with Crippen LogP contribution in [0.25, 0.3) is 0 Å². The molecule has 19 heavy (non-hydrogen) atoms. The maximum atomic E-state index is 4.62. The Labute approximate surface area is 121 Å². The number of nitrogens with one attached hydrogen (secondary N) is 1. The van der Waals surface area contributed by atoms with E-state index in [1.165, 1.54) is 35.7 Å². The van der Waals surface area contributed by atoms with Crippen LogP contribution in [0.2, 0.25) is 0 Å². The molecule has 0 aliphatic carbocycles. The van der Waals surface area contributed by atoms with Crippen molar-refractivity contribution < 1.29 is 0 Å². The molecule has 3 nitrogen and oxygen atoms in total. The minimum atomic E-state index is 0.661. The number of rotatable bonds is 6. The van der Waals surface area contributed by atoms with Gasteiger partial charge in [-0.15, -0.1) is 11.3 Å². The Bertz CT molecular complexity index is 375. The van der Waals surface area contributed by atoms with Crippen LogP contribution in [0.5, 0.6) is 0 Å². The molecule has 0 radical (unpaired) electrons. The minimum Gasteiger partial charge on any atom is -0.319 e. The molecule has 108 valence electrons. The van der Waals surface area contributed by atoms with E-state index < -0.39 is 0 Å². The van der Waals surface area contributed by atoms with Crippen LogP contribution in [0.4, 0.5) is 0 Å². The standard InChI is InChI=1S/C15H27N3S/c1-12(2)18-9-5-4-6-13(18)10-15-17-11-14(19-15)7-8-16-3/h11-13,16H,4-10H2,1-3H3. The monoisotopic (exact) mass is 281 g/mol. The van der Waals surface area contributed by atoms with Gasteiger partial charge in [0.2, 0.25) is 0 Å². The SMILES string of the molecule is CNCCc1cnc(CC2CCCCN2C(C)C)s1. The molecule has 1 fully saturated rings. The summed E-state index contributed by atoms with van der Waals surface area (Å²) in [5, 5.41) is 4.52. The highest BCUT2D eigenvalue weighted by Gasteiger charge is 2.25. The summed E-state index contributed by atoms with van der Waals surface area (Å²) in [6.45, 7) is 6.94. The van der Waals surface area contributed by atoms with Crippen molar-refractivity contribution in [3.8, 4) is 0 Å². The first-order valence-electron chi connectivity index (χ1n) is 7.54. The van der Waals surface area contributed by atoms with Crippen LogP contribution < -0.4 is 5.32 Å². The summed E-state index contributed by atoms with van der Waals surface area (Å²) >= 11 is 1.90. The van der Waals surface area contributed by atoms with Crippen molar-refractivity contribution in [2.45, 2.75) is 58.0 Å². The van der Waals surface area contributed by atoms with Gasteiger partial charge in [0.1, 0.15) is 0 Å². The quantitative estimate of drug-likeness (QED) is 0.869. The summed E-state index contributed by atoms with van der Waals surface area (Å²) in [5.41, 5.74) is 0. The van der Waals surface area contributed by atoms with Crippen molar-refractivity contribution in [1.29, 1.82) is 0 Å². The Morgan fingerprint density at radius 3 is 3.05 bits per heavy atom. The molecule has 4 heteroatoms. The van der Waals surface area contributed by atoms with Crippen molar-refractivity contribution in [3.05, 3.63) is 16.1 Å². The number of aromatic nitrogens is 1. The molecule has 1 unspecified atom stereocenters. The zero-order valence-corrected chi connectivity index (χ0v) is 13.3. The first-order valence-corrected chi connectivity index (χ1v) is 8.36. The maximum absolute atomic E-state index is 4.62. The lowest BCUT2D eigenvalue weighted by Crippen LogP contribution is -2.44. The van der Waals surface area contributed by atoms with Crippen LogP contribution in [0.15, 0.2) is 6.20 Å². The smallest absolute Gasteiger partial charge is 0.0943 e. The van der Waals surface area contributed by atoms with E-state index in [0.29, 0.717) is 12.1 Å². The second-order valence-corrected chi connectivity index (χ2v) is 6.96. The maximum Gasteiger partial charge on any atom is 0.0943 e. The number of hydrogen-bond donors (Lipinski definition) is 1. The minimum absolute atomic E-state index is 0.661. The van der Waals surface area contributed by atoms with Gasteiger partial charge < -0.3 is 5.32 Å². The fourth-order valence-electron chi connectivity index (χ4n) is 2.93. The molecule has 1 saturated heterocycles. The van der Waals surface area contributed by atoms with Crippen LogP contribution in [0.1, 0.15) is 43.0 Å². The zero-order chi connectivity index (χ0) is 13.7. The number of likely N-dealkylation sites (tertiary alicyclic amines) is 1. The van der Waals surface area contributed by atoms with E-state index >= 15 is 0 Å². The average molecular weight is 281 g/mol. The molecule has 2 rings (SSSR count). The zero-order valence-electron chi connectivity index (χ0n) is 12.5. The highest BCUT2D eigenvalue weighted by Crippen LogP contribution is 2.24. The van der Waals surface area contributed by atoms with Crippen LogP contribution in [-0.2, 0) is 12.8 Å². The number of piperidine rings is 1. The van der Waals surface area contributed by atoms with E-state index in [1.54, 1.807) is 0 Å². The van der Waals surface area contributed by atoms with Gasteiger partial charge in [-0.25, -0.2) is 4.98 Å². The number of thiazole rings is 1. The molecule has 0 amide bonds. The molecular formula is C15H27N3S. The van der Waals surface area contributed by atoms with Crippen LogP contribution in [0, 0.1) is 0 Å². The topological polar surface area (TPSA) is 28.2 Å². The summed E-state index contributed by atoms with van der Waals surface area (Å²) in [6.07, 6.45) is 8.39. The third kappa shape index (κ3) is 4.26. The predicted molar refractivity (Wildman–Crippen MR) is 82.9 cm³/mol. The summed E-state index contributed by atoms with van der Waals surface area (Å²) in [6, 6.07) is 1.37. The second kappa shape index (κ2) is 7.36. The Balaban J connectivity index is 1.93. The fraction of sp³-hybridized carbons (Fsp3) is 0.800. The third-order valence-corrected chi connectivity index (χ3v) is 5.05. The first kappa shape index (κ1) is 14.9. The summed E-state index contributed by atoms with van der Waals surface area (Å²) < 4.78 is 0. The molecule has 1 aromatic rings. The molecule has 0 aromatic carbocycles. The first-order chi connectivity index (χ1) is 9.20. The highest BCUT2D eigenvalue weighted by atomic mass is 32.1. The third-order valence-electron chi connectivity index (χ3n) is 3.97. The van der Waals surface area contributed by atoms with Crippen molar-refractivity contribution >= 4 is 11.3 Å². The van der Waals surface area contributed by atoms with Gasteiger partial charge in [0.05, 0.1) is 5.01 Å². The van der Waals surface area contributed by atoms with E-state index in [9.17, 15) is 0 Å². The summed E-state index contributed by atoms with van der Waals surface area (Å²) in [5.74, 6) is 0. The van der Waals surface area contributed by atoms with Crippen molar-refractivity contribution in [1.82, 2.24) is 15.2 Å². The lowest BCUT2D eigenvalue weighted by Gasteiger charge is -2.38. The van der Waals surface area contributed by atoms with Crippen molar-refractivity contribution in [2.24, 2.45) is 0 Å². The van der Waals surface area contributed by atoms with Crippen LogP contribution in [-0.4, -0.2) is 42.1 Å². The largest absolute Gasteiger partial charge is 0.319 e. The molecule has 2 heterocycles. The molecule has 1 aromatic heterocycles. The van der Waals surface area contributed by atoms with Gasteiger partial charge in [-0.2, -0.15) is 0 Å². The molecule has 0 bridgehead atoms. The van der Waals surface area contributed by atoms with E-state index in [-0.39, 0.29) is 0 Å². The molecule has 1 N–H and O–H groups in total. The summed E-state index contributed by atoms with van der Waals surface area (Å²) in [4.78, 5) is 8.70. The molecule has 1 aliphatic rings. The van der Waals surface area contributed by atoms with Crippen LogP contribution >= 0.6 is 11.3 Å². The van der Waals surface area contributed by atoms with E-state index in [0.717, 1.165) is 19.4 Å². The predicted octanol–water partition coefficient (Wildman–Crippen LogP) is 2.71. The van der Waals surface area contributed by atoms with E-state index in [4.69, 9.17) is 0 Å². The fourth-order valence-corrected chi connectivity index (χ4v) is 3.92. The van der Waals surface area contributed by atoms with Gasteiger partial charge in [-0.05, 0) is 53.2 Å². The van der Waals surface area contributed by atoms with Crippen molar-refractivity contribution in [3.63, 3.8) is 0 Å². The Morgan fingerprint density at radius 2 is 2.32 bits per heavy atom. The van der Waals surface area contributed by atoms with Gasteiger partial charge in [0, 0.05) is 29.6 Å². The molecule has 0 saturated carbocycles. The highest BCUT2D eigenvalue weighted by molar-refractivity contribution is 7.11. The van der Waals surface area contributed by atoms with Gasteiger partial charge in [-0.3, -0.25) is 4.90 Å². The van der Waals surface area contributed by atoms with Gasteiger partial charge in [-0.1, -0.05) is 6.42 Å². The number of nitrogens with zero attached hydrogens (tertiary/aromatic N) is 2. The van der Waals surface area contributed by atoms with Gasteiger partial charge >= 0.3 is 0 Å². The van der Waals surface area contributed by atoms with Gasteiger partial charge in [0.25, 0.3) is 0 Å². The molecular weight excluding hydrogens is 254 g/mol. The Morgan fingerprint density at radius 1 is 1.47 bits per heavy atom. The van der Waals surface area contributed by atoms with Crippen molar-refractivity contribution in [2.75, 3.05) is 20.1 Å². The van der Waals surface area contributed by atoms with Gasteiger partial charge in [0.15, 0.2) is 0 Å². The summed E-state index contributed by atoms with van der Waals surface area (Å²) in [7, 11) is 2.00. The van der Waals surface area contributed by atoms with Crippen LogP contribution in [0.3, 0.4) is 0 Å². The lowest BCUT2D eigenvalue weighted by atomic mass is 9.98. The normalized spacial score (nSPS) is 21.2. The number of hydrogen-bond acceptors (Lipinski definition) is 4. The average Bonchev–Trinajstić information content (AvgIpc) is 2.84. The molecule has 0 spiro atoms. The molecule has 1 aliphatic heterocycles. The molecule has 1 atom stereocenters. The Kier molecular flexibility index (Phi) is 5.79. The second-order valence-electron chi connectivity index (χ2n) is 5.76. The van der Waals surface area contributed by atoms with E-state index in [1.807, 2.05) is 18.4 Å². The van der Waals surface area contributed by atoms with E-state index in [2.05, 4.69) is 35.2 Å². The lowest BCUT2D eigenvalue weighted by molar-refractivity contribution is 0.111. The Hall–Kier alpha value is -0.450. The number of likely N-dealkylation sites (N-methyl/N-ethyl adjacent to an activating group) is 1.